The van der Waals surface area contributed by atoms with E-state index in [2.05, 4.69) is 4.98 Å². The minimum atomic E-state index is -0.181. The molecule has 1 atom stereocenters. The number of hydrogen-bond acceptors (Lipinski definition) is 6. The van der Waals surface area contributed by atoms with Crippen molar-refractivity contribution in [2.45, 2.75) is 68.7 Å². The summed E-state index contributed by atoms with van der Waals surface area (Å²) in [5.41, 5.74) is 7.65. The van der Waals surface area contributed by atoms with Crippen molar-refractivity contribution in [3.05, 3.63) is 10.4 Å². The van der Waals surface area contributed by atoms with Gasteiger partial charge in [0.25, 0.3) is 0 Å². The summed E-state index contributed by atoms with van der Waals surface area (Å²) in [4.78, 5) is 26.5. The Hall–Kier alpha value is -1.34. The molecule has 2 aromatic rings. The Balaban J connectivity index is 1.54. The number of nitrogens with two attached hydrogens (primary N) is 1. The van der Waals surface area contributed by atoms with Crippen LogP contribution < -0.4 is 5.73 Å². The van der Waals surface area contributed by atoms with E-state index in [1.54, 1.807) is 11.3 Å². The second-order valence-electron chi connectivity index (χ2n) is 7.28. The molecule has 2 aromatic heterocycles. The maximum atomic E-state index is 12.8. The van der Waals surface area contributed by atoms with Gasteiger partial charge in [-0.05, 0) is 51.0 Å². The zero-order valence-corrected chi connectivity index (χ0v) is 16.9. The number of aromatic nitrogens is 2. The molecule has 0 spiro atoms. The van der Waals surface area contributed by atoms with Crippen molar-refractivity contribution >= 4 is 45.0 Å². The number of thiophene rings is 1. The van der Waals surface area contributed by atoms with Crippen LogP contribution in [-0.2, 0) is 17.6 Å². The second-order valence-corrected chi connectivity index (χ2v) is 9.67. The second kappa shape index (κ2) is 7.72. The number of fused-ring (bicyclic) bond motifs is 3. The number of thioether (sulfide) groups is 1. The number of amides is 1. The van der Waals surface area contributed by atoms with E-state index in [1.807, 2.05) is 11.8 Å². The Morgan fingerprint density at radius 1 is 1.12 bits per heavy atom. The van der Waals surface area contributed by atoms with Crippen molar-refractivity contribution in [2.75, 3.05) is 18.8 Å². The summed E-state index contributed by atoms with van der Waals surface area (Å²) in [5, 5.41) is 1.50. The normalized spacial score (nSPS) is 19.2. The summed E-state index contributed by atoms with van der Waals surface area (Å²) in [6.07, 6.45) is 9.35. The highest BCUT2D eigenvalue weighted by molar-refractivity contribution is 8.00. The van der Waals surface area contributed by atoms with E-state index >= 15 is 0 Å². The Bertz CT molecular complexity index is 811. The average molecular weight is 391 g/mol. The van der Waals surface area contributed by atoms with Crippen molar-refractivity contribution in [2.24, 2.45) is 0 Å². The number of carbonyl (C=O) groups is 1. The standard InChI is InChI=1S/C19H26N4OS2/c1-12(18(24)23-10-6-2-3-7-11-23)25-19-21-16(20)15-13-8-4-5-9-14(13)26-17(15)22-19/h12H,2-11H2,1H3,(H2,20,21,22). The molecule has 1 amide bonds. The first-order chi connectivity index (χ1) is 12.6. The molecule has 7 heteroatoms. The van der Waals surface area contributed by atoms with Crippen LogP contribution in [0.3, 0.4) is 0 Å². The van der Waals surface area contributed by atoms with Crippen molar-refractivity contribution in [1.29, 1.82) is 0 Å². The van der Waals surface area contributed by atoms with Crippen LogP contribution in [0.1, 0.15) is 55.9 Å². The molecule has 0 saturated carbocycles. The zero-order chi connectivity index (χ0) is 18.1. The molecule has 0 aromatic carbocycles. The van der Waals surface area contributed by atoms with Gasteiger partial charge in [-0.1, -0.05) is 24.6 Å². The molecule has 1 aliphatic heterocycles. The first kappa shape index (κ1) is 18.0. The molecular formula is C19H26N4OS2. The van der Waals surface area contributed by atoms with Gasteiger partial charge in [0.2, 0.25) is 5.91 Å². The van der Waals surface area contributed by atoms with Gasteiger partial charge in [0.15, 0.2) is 5.16 Å². The maximum absolute atomic E-state index is 12.8. The van der Waals surface area contributed by atoms with Crippen LogP contribution in [-0.4, -0.2) is 39.1 Å². The van der Waals surface area contributed by atoms with Gasteiger partial charge in [-0.3, -0.25) is 4.79 Å². The van der Waals surface area contributed by atoms with Crippen LogP contribution in [0.5, 0.6) is 0 Å². The lowest BCUT2D eigenvalue weighted by Gasteiger charge is -2.23. The smallest absolute Gasteiger partial charge is 0.235 e. The monoisotopic (exact) mass is 390 g/mol. The van der Waals surface area contributed by atoms with E-state index in [1.165, 1.54) is 47.9 Å². The lowest BCUT2D eigenvalue weighted by atomic mass is 9.97. The zero-order valence-electron chi connectivity index (χ0n) is 15.3. The first-order valence-electron chi connectivity index (χ1n) is 9.66. The molecular weight excluding hydrogens is 364 g/mol. The summed E-state index contributed by atoms with van der Waals surface area (Å²) in [5.74, 6) is 0.774. The highest BCUT2D eigenvalue weighted by Crippen LogP contribution is 2.39. The molecule has 5 nitrogen and oxygen atoms in total. The predicted molar refractivity (Wildman–Crippen MR) is 109 cm³/mol. The van der Waals surface area contributed by atoms with Crippen LogP contribution >= 0.6 is 23.1 Å². The summed E-state index contributed by atoms with van der Waals surface area (Å²) >= 11 is 3.19. The number of nitrogens with zero attached hydrogens (tertiary/aromatic N) is 3. The number of nitrogen functional groups attached to an aromatic ring is 1. The Labute approximate surface area is 162 Å². The number of hydrogen-bond donors (Lipinski definition) is 1. The summed E-state index contributed by atoms with van der Waals surface area (Å²) < 4.78 is 0. The fraction of sp³-hybridized carbons (Fsp3) is 0.632. The molecule has 2 aliphatic rings. The fourth-order valence-corrected chi connectivity index (χ4v) is 6.16. The first-order valence-corrected chi connectivity index (χ1v) is 11.4. The Kier molecular flexibility index (Phi) is 5.36. The SMILES string of the molecule is CC(Sc1nc(N)c2c3c(sc2n1)CCCC3)C(=O)N1CCCCCC1. The van der Waals surface area contributed by atoms with Gasteiger partial charge >= 0.3 is 0 Å². The number of likely N-dealkylation sites (tertiary alicyclic amines) is 1. The van der Waals surface area contributed by atoms with Crippen molar-refractivity contribution in [3.8, 4) is 0 Å². The van der Waals surface area contributed by atoms with E-state index < -0.39 is 0 Å². The molecule has 0 radical (unpaired) electrons. The quantitative estimate of drug-likeness (QED) is 0.633. The van der Waals surface area contributed by atoms with Gasteiger partial charge in [0.05, 0.1) is 10.6 Å². The highest BCUT2D eigenvalue weighted by Gasteiger charge is 2.25. The van der Waals surface area contributed by atoms with E-state index in [9.17, 15) is 4.79 Å². The van der Waals surface area contributed by atoms with Crippen molar-refractivity contribution < 1.29 is 4.79 Å². The van der Waals surface area contributed by atoms with E-state index in [4.69, 9.17) is 10.7 Å². The number of aryl methyl sites for hydroxylation is 2. The van der Waals surface area contributed by atoms with E-state index in [0.29, 0.717) is 11.0 Å². The van der Waals surface area contributed by atoms with Crippen LogP contribution in [0.4, 0.5) is 5.82 Å². The van der Waals surface area contributed by atoms with E-state index in [0.717, 1.165) is 49.0 Å². The largest absolute Gasteiger partial charge is 0.383 e. The molecule has 26 heavy (non-hydrogen) atoms. The third-order valence-corrected chi connectivity index (χ3v) is 7.50. The summed E-state index contributed by atoms with van der Waals surface area (Å²) in [6.45, 7) is 3.72. The lowest BCUT2D eigenvalue weighted by Crippen LogP contribution is -2.37. The van der Waals surface area contributed by atoms with Crippen molar-refractivity contribution in [1.82, 2.24) is 14.9 Å². The minimum absolute atomic E-state index is 0.181. The molecule has 1 aliphatic carbocycles. The van der Waals surface area contributed by atoms with Crippen LogP contribution in [0.2, 0.25) is 0 Å². The topological polar surface area (TPSA) is 72.1 Å². The number of rotatable bonds is 3. The Morgan fingerprint density at radius 2 is 1.85 bits per heavy atom. The molecule has 3 heterocycles. The van der Waals surface area contributed by atoms with Gasteiger partial charge in [-0.15, -0.1) is 11.3 Å². The molecule has 1 unspecified atom stereocenters. The molecule has 1 fully saturated rings. The van der Waals surface area contributed by atoms with Crippen LogP contribution in [0.15, 0.2) is 5.16 Å². The highest BCUT2D eigenvalue weighted by atomic mass is 32.2. The van der Waals surface area contributed by atoms with E-state index in [-0.39, 0.29) is 11.2 Å². The lowest BCUT2D eigenvalue weighted by molar-refractivity contribution is -0.130. The van der Waals surface area contributed by atoms with Crippen LogP contribution in [0.25, 0.3) is 10.2 Å². The average Bonchev–Trinajstić information content (AvgIpc) is 2.80. The minimum Gasteiger partial charge on any atom is -0.383 e. The van der Waals surface area contributed by atoms with Gasteiger partial charge in [0.1, 0.15) is 10.6 Å². The molecule has 0 bridgehead atoms. The third kappa shape index (κ3) is 3.56. The fourth-order valence-electron chi connectivity index (χ4n) is 3.97. The predicted octanol–water partition coefficient (Wildman–Crippen LogP) is 4.04. The summed E-state index contributed by atoms with van der Waals surface area (Å²) in [7, 11) is 0. The molecule has 1 saturated heterocycles. The maximum Gasteiger partial charge on any atom is 0.235 e. The van der Waals surface area contributed by atoms with Gasteiger partial charge in [-0.25, -0.2) is 9.97 Å². The van der Waals surface area contributed by atoms with Crippen molar-refractivity contribution in [3.63, 3.8) is 0 Å². The Morgan fingerprint density at radius 3 is 2.62 bits per heavy atom. The van der Waals surface area contributed by atoms with Crippen LogP contribution in [0, 0.1) is 0 Å². The summed E-state index contributed by atoms with van der Waals surface area (Å²) in [6, 6.07) is 0. The van der Waals surface area contributed by atoms with Gasteiger partial charge in [0, 0.05) is 18.0 Å². The van der Waals surface area contributed by atoms with Gasteiger partial charge in [-0.2, -0.15) is 0 Å². The molecule has 140 valence electrons. The third-order valence-electron chi connectivity index (χ3n) is 5.37. The molecule has 4 rings (SSSR count). The number of carbonyl (C=O) groups excluding carboxylic acids is 1. The van der Waals surface area contributed by atoms with Gasteiger partial charge < -0.3 is 10.6 Å². The number of anilines is 1. The molecule has 2 N–H and O–H groups in total.